The van der Waals surface area contributed by atoms with E-state index in [1.54, 1.807) is 12.1 Å². The summed E-state index contributed by atoms with van der Waals surface area (Å²) in [4.78, 5) is 37.3. The predicted molar refractivity (Wildman–Crippen MR) is 90.8 cm³/mol. The van der Waals surface area contributed by atoms with Gasteiger partial charge in [-0.3, -0.25) is 14.4 Å². The normalized spacial score (nSPS) is 10.2. The van der Waals surface area contributed by atoms with Crippen LogP contribution in [0.4, 0.5) is 5.69 Å². The zero-order valence-corrected chi connectivity index (χ0v) is 13.7. The summed E-state index contributed by atoms with van der Waals surface area (Å²) in [6, 6.07) is 11.7. The van der Waals surface area contributed by atoms with E-state index in [1.165, 1.54) is 28.8 Å². The van der Waals surface area contributed by atoms with Gasteiger partial charge in [-0.25, -0.2) is 4.68 Å². The highest BCUT2D eigenvalue weighted by Gasteiger charge is 2.17. The summed E-state index contributed by atoms with van der Waals surface area (Å²) in [7, 11) is 1.52. The van der Waals surface area contributed by atoms with Gasteiger partial charge in [0.25, 0.3) is 11.5 Å². The average Bonchev–Trinajstić information content (AvgIpc) is 2.57. The molecule has 1 heterocycles. The number of amides is 2. The van der Waals surface area contributed by atoms with Crippen LogP contribution < -0.4 is 10.9 Å². The second-order valence-corrected chi connectivity index (χ2v) is 5.36. The Balaban J connectivity index is 2.02. The smallest absolute Gasteiger partial charge is 0.274 e. The molecule has 0 aliphatic heterocycles. The van der Waals surface area contributed by atoms with E-state index < -0.39 is 5.91 Å². The highest BCUT2D eigenvalue weighted by atomic mass is 16.2. The van der Waals surface area contributed by atoms with E-state index in [0.29, 0.717) is 12.2 Å². The average molecular weight is 328 g/mol. The molecular weight excluding hydrogens is 308 g/mol. The van der Waals surface area contributed by atoms with Gasteiger partial charge in [-0.1, -0.05) is 25.1 Å². The Hall–Kier alpha value is -2.96. The molecule has 7 heteroatoms. The van der Waals surface area contributed by atoms with E-state index in [9.17, 15) is 14.4 Å². The Morgan fingerprint density at radius 1 is 1.17 bits per heavy atom. The number of carbonyl (C=O) groups excluding carboxylic acids is 2. The number of para-hydroxylation sites is 1. The molecule has 7 nitrogen and oxygen atoms in total. The summed E-state index contributed by atoms with van der Waals surface area (Å²) in [6.45, 7) is 2.25. The number of hydrogen-bond donors (Lipinski definition) is 1. The topological polar surface area (TPSA) is 84.3 Å². The lowest BCUT2D eigenvalue weighted by Crippen LogP contribution is -2.36. The number of nitrogens with zero attached hydrogens (tertiary/aromatic N) is 3. The molecule has 1 aromatic heterocycles. The van der Waals surface area contributed by atoms with Gasteiger partial charge < -0.3 is 10.2 Å². The van der Waals surface area contributed by atoms with Crippen molar-refractivity contribution in [3.05, 3.63) is 58.5 Å². The van der Waals surface area contributed by atoms with Crippen molar-refractivity contribution in [1.29, 1.82) is 0 Å². The van der Waals surface area contributed by atoms with Gasteiger partial charge in [0.05, 0.1) is 6.54 Å². The SMILES string of the molecule is CCCn1nc(C(=O)N(C)CC(=O)Nc2ccccc2)ccc1=O. The van der Waals surface area contributed by atoms with Gasteiger partial charge in [-0.15, -0.1) is 0 Å². The minimum Gasteiger partial charge on any atom is -0.331 e. The Labute approximate surface area is 139 Å². The summed E-state index contributed by atoms with van der Waals surface area (Å²) in [5.74, 6) is -0.720. The second kappa shape index (κ2) is 8.05. The van der Waals surface area contributed by atoms with Crippen LogP contribution in [0.5, 0.6) is 0 Å². The van der Waals surface area contributed by atoms with Crippen molar-refractivity contribution in [2.45, 2.75) is 19.9 Å². The van der Waals surface area contributed by atoms with Crippen LogP contribution in [-0.2, 0) is 11.3 Å². The van der Waals surface area contributed by atoms with Crippen LogP contribution >= 0.6 is 0 Å². The Morgan fingerprint density at radius 2 is 1.88 bits per heavy atom. The number of likely N-dealkylation sites (N-methyl/N-ethyl adjacent to an activating group) is 1. The maximum atomic E-state index is 12.4. The van der Waals surface area contributed by atoms with Crippen LogP contribution in [0.15, 0.2) is 47.3 Å². The van der Waals surface area contributed by atoms with Gasteiger partial charge in [0.1, 0.15) is 5.69 Å². The molecule has 0 atom stereocenters. The van der Waals surface area contributed by atoms with E-state index in [4.69, 9.17) is 0 Å². The number of aromatic nitrogens is 2. The molecule has 0 bridgehead atoms. The molecule has 126 valence electrons. The maximum absolute atomic E-state index is 12.4. The molecule has 0 aliphatic carbocycles. The zero-order chi connectivity index (χ0) is 17.5. The predicted octanol–water partition coefficient (Wildman–Crippen LogP) is 1.36. The third-order valence-electron chi connectivity index (χ3n) is 3.31. The fourth-order valence-corrected chi connectivity index (χ4v) is 2.14. The van der Waals surface area contributed by atoms with E-state index >= 15 is 0 Å². The molecule has 0 saturated carbocycles. The van der Waals surface area contributed by atoms with Crippen LogP contribution in [-0.4, -0.2) is 40.1 Å². The minimum atomic E-state index is -0.414. The van der Waals surface area contributed by atoms with Crippen molar-refractivity contribution >= 4 is 17.5 Å². The van der Waals surface area contributed by atoms with Gasteiger partial charge in [-0.05, 0) is 24.6 Å². The van der Waals surface area contributed by atoms with E-state index in [0.717, 1.165) is 6.42 Å². The zero-order valence-electron chi connectivity index (χ0n) is 13.7. The molecule has 0 fully saturated rings. The monoisotopic (exact) mass is 328 g/mol. The molecule has 24 heavy (non-hydrogen) atoms. The first kappa shape index (κ1) is 17.4. The van der Waals surface area contributed by atoms with Crippen molar-refractivity contribution in [2.24, 2.45) is 0 Å². The standard InChI is InChI=1S/C17H20N4O3/c1-3-11-21-16(23)10-9-14(19-21)17(24)20(2)12-15(22)18-13-7-5-4-6-8-13/h4-10H,3,11-12H2,1-2H3,(H,18,22). The number of nitrogens with one attached hydrogen (secondary N) is 1. The van der Waals surface area contributed by atoms with Crippen molar-refractivity contribution in [3.63, 3.8) is 0 Å². The van der Waals surface area contributed by atoms with Crippen LogP contribution in [0.3, 0.4) is 0 Å². The third kappa shape index (κ3) is 4.52. The Morgan fingerprint density at radius 3 is 2.54 bits per heavy atom. The number of anilines is 1. The first-order valence-electron chi connectivity index (χ1n) is 7.69. The summed E-state index contributed by atoms with van der Waals surface area (Å²) < 4.78 is 1.26. The molecule has 2 aromatic rings. The van der Waals surface area contributed by atoms with Gasteiger partial charge in [0, 0.05) is 25.3 Å². The minimum absolute atomic E-state index is 0.109. The van der Waals surface area contributed by atoms with Gasteiger partial charge in [0.15, 0.2) is 0 Å². The molecule has 0 radical (unpaired) electrons. The van der Waals surface area contributed by atoms with Crippen molar-refractivity contribution in [2.75, 3.05) is 18.9 Å². The highest BCUT2D eigenvalue weighted by Crippen LogP contribution is 2.05. The maximum Gasteiger partial charge on any atom is 0.274 e. The van der Waals surface area contributed by atoms with Gasteiger partial charge in [0.2, 0.25) is 5.91 Å². The number of hydrogen-bond acceptors (Lipinski definition) is 4. The van der Waals surface area contributed by atoms with Gasteiger partial charge in [-0.2, -0.15) is 5.10 Å². The van der Waals surface area contributed by atoms with E-state index in [2.05, 4.69) is 10.4 Å². The van der Waals surface area contributed by atoms with Gasteiger partial charge >= 0.3 is 0 Å². The summed E-state index contributed by atoms with van der Waals surface area (Å²) in [6.07, 6.45) is 0.736. The number of rotatable bonds is 6. The largest absolute Gasteiger partial charge is 0.331 e. The Bertz CT molecular complexity index is 771. The van der Waals surface area contributed by atoms with E-state index in [1.807, 2.05) is 25.1 Å². The first-order valence-corrected chi connectivity index (χ1v) is 7.69. The van der Waals surface area contributed by atoms with Crippen LogP contribution in [0.25, 0.3) is 0 Å². The molecule has 1 N–H and O–H groups in total. The summed E-state index contributed by atoms with van der Waals surface area (Å²) in [5, 5.41) is 6.77. The quantitative estimate of drug-likeness (QED) is 0.868. The van der Waals surface area contributed by atoms with Crippen molar-refractivity contribution in [1.82, 2.24) is 14.7 Å². The first-order chi connectivity index (χ1) is 11.5. The molecule has 2 rings (SSSR count). The molecule has 2 amide bonds. The number of benzene rings is 1. The van der Waals surface area contributed by atoms with Crippen LogP contribution in [0, 0.1) is 0 Å². The molecule has 0 spiro atoms. The van der Waals surface area contributed by atoms with Crippen molar-refractivity contribution in [3.8, 4) is 0 Å². The van der Waals surface area contributed by atoms with Crippen LogP contribution in [0.1, 0.15) is 23.8 Å². The van der Waals surface area contributed by atoms with E-state index in [-0.39, 0.29) is 23.7 Å². The fraction of sp³-hybridized carbons (Fsp3) is 0.294. The Kier molecular flexibility index (Phi) is 5.83. The lowest BCUT2D eigenvalue weighted by atomic mass is 10.3. The molecule has 0 aliphatic rings. The molecule has 0 saturated heterocycles. The molecule has 1 aromatic carbocycles. The summed E-state index contributed by atoms with van der Waals surface area (Å²) >= 11 is 0. The number of aryl methyl sites for hydroxylation is 1. The molecular formula is C17H20N4O3. The summed E-state index contributed by atoms with van der Waals surface area (Å²) in [5.41, 5.74) is 0.550. The van der Waals surface area contributed by atoms with Crippen molar-refractivity contribution < 1.29 is 9.59 Å². The van der Waals surface area contributed by atoms with Crippen LogP contribution in [0.2, 0.25) is 0 Å². The second-order valence-electron chi connectivity index (χ2n) is 5.36. The lowest BCUT2D eigenvalue weighted by molar-refractivity contribution is -0.116. The molecule has 0 unspecified atom stereocenters. The highest BCUT2D eigenvalue weighted by molar-refractivity contribution is 5.98. The lowest BCUT2D eigenvalue weighted by Gasteiger charge is -2.16. The fourth-order valence-electron chi connectivity index (χ4n) is 2.14. The number of carbonyl (C=O) groups is 2. The third-order valence-corrected chi connectivity index (χ3v) is 3.31.